The highest BCUT2D eigenvalue weighted by Crippen LogP contribution is 2.26. The molecule has 2 rings (SSSR count). The zero-order chi connectivity index (χ0) is 10.8. The Hall–Kier alpha value is -0.830. The van der Waals surface area contributed by atoms with Crippen LogP contribution < -0.4 is 0 Å². The topological polar surface area (TPSA) is 38.0 Å². The lowest BCUT2D eigenvalue weighted by molar-refractivity contribution is 0.266. The Kier molecular flexibility index (Phi) is 3.10. The molecule has 84 valence electrons. The van der Waals surface area contributed by atoms with Crippen molar-refractivity contribution < 1.29 is 5.11 Å². The zero-order valence-corrected chi connectivity index (χ0v) is 9.66. The number of aromatic nitrogens is 2. The van der Waals surface area contributed by atoms with Crippen LogP contribution in [-0.2, 0) is 19.6 Å². The van der Waals surface area contributed by atoms with Crippen LogP contribution >= 0.6 is 0 Å². The molecule has 0 spiro atoms. The molecule has 1 aromatic heterocycles. The van der Waals surface area contributed by atoms with Gasteiger partial charge in [-0.1, -0.05) is 13.8 Å². The Bertz CT molecular complexity index is 344. The van der Waals surface area contributed by atoms with Crippen LogP contribution in [0.15, 0.2) is 0 Å². The van der Waals surface area contributed by atoms with Crippen molar-refractivity contribution in [3.05, 3.63) is 17.2 Å². The standard InChI is InChI=1S/C12H20N2O/c1-3-9(2)12-10(8-15)14-7-5-4-6-11(14)13-12/h9,15H,3-8H2,1-2H3. The molecule has 1 N–H and O–H groups in total. The summed E-state index contributed by atoms with van der Waals surface area (Å²) in [6, 6.07) is 0. The fourth-order valence-corrected chi connectivity index (χ4v) is 2.32. The van der Waals surface area contributed by atoms with E-state index < -0.39 is 0 Å². The summed E-state index contributed by atoms with van der Waals surface area (Å²) in [6.45, 7) is 5.53. The summed E-state index contributed by atoms with van der Waals surface area (Å²) in [5.74, 6) is 1.64. The van der Waals surface area contributed by atoms with Crippen molar-refractivity contribution >= 4 is 0 Å². The van der Waals surface area contributed by atoms with Gasteiger partial charge < -0.3 is 9.67 Å². The predicted molar refractivity (Wildman–Crippen MR) is 59.8 cm³/mol. The lowest BCUT2D eigenvalue weighted by Crippen LogP contribution is -2.13. The highest BCUT2D eigenvalue weighted by molar-refractivity contribution is 5.21. The van der Waals surface area contributed by atoms with Crippen molar-refractivity contribution in [1.82, 2.24) is 9.55 Å². The molecular weight excluding hydrogens is 188 g/mol. The minimum atomic E-state index is 0.132. The van der Waals surface area contributed by atoms with Gasteiger partial charge in [-0.05, 0) is 19.3 Å². The van der Waals surface area contributed by atoms with E-state index in [1.54, 1.807) is 0 Å². The van der Waals surface area contributed by atoms with Gasteiger partial charge in [-0.15, -0.1) is 0 Å². The summed E-state index contributed by atoms with van der Waals surface area (Å²) < 4.78 is 2.23. The number of hydrogen-bond donors (Lipinski definition) is 1. The largest absolute Gasteiger partial charge is 0.390 e. The molecule has 0 radical (unpaired) electrons. The first-order chi connectivity index (χ1) is 7.27. The molecule has 1 unspecified atom stereocenters. The van der Waals surface area contributed by atoms with Crippen LogP contribution in [0, 0.1) is 0 Å². The van der Waals surface area contributed by atoms with Gasteiger partial charge in [-0.3, -0.25) is 0 Å². The molecule has 1 atom stereocenters. The minimum absolute atomic E-state index is 0.132. The number of aryl methyl sites for hydroxylation is 1. The van der Waals surface area contributed by atoms with Gasteiger partial charge in [0.15, 0.2) is 0 Å². The van der Waals surface area contributed by atoms with Gasteiger partial charge in [0.05, 0.1) is 18.0 Å². The van der Waals surface area contributed by atoms with Gasteiger partial charge in [0, 0.05) is 18.9 Å². The number of aliphatic hydroxyl groups excluding tert-OH is 1. The van der Waals surface area contributed by atoms with Crippen molar-refractivity contribution in [1.29, 1.82) is 0 Å². The summed E-state index contributed by atoms with van der Waals surface area (Å²) in [4.78, 5) is 4.70. The molecule has 0 bridgehead atoms. The Labute approximate surface area is 91.1 Å². The first-order valence-corrected chi connectivity index (χ1v) is 5.97. The van der Waals surface area contributed by atoms with Crippen LogP contribution in [0.3, 0.4) is 0 Å². The van der Waals surface area contributed by atoms with E-state index in [9.17, 15) is 5.11 Å². The van der Waals surface area contributed by atoms with E-state index in [4.69, 9.17) is 4.98 Å². The van der Waals surface area contributed by atoms with Crippen LogP contribution in [0.2, 0.25) is 0 Å². The second kappa shape index (κ2) is 4.35. The Morgan fingerprint density at radius 3 is 2.93 bits per heavy atom. The smallest absolute Gasteiger partial charge is 0.109 e. The number of aliphatic hydroxyl groups is 1. The fraction of sp³-hybridized carbons (Fsp3) is 0.750. The van der Waals surface area contributed by atoms with Crippen molar-refractivity contribution in [3.8, 4) is 0 Å². The van der Waals surface area contributed by atoms with Crippen LogP contribution in [-0.4, -0.2) is 14.7 Å². The van der Waals surface area contributed by atoms with Gasteiger partial charge >= 0.3 is 0 Å². The van der Waals surface area contributed by atoms with Gasteiger partial charge in [-0.2, -0.15) is 0 Å². The molecule has 1 aromatic rings. The third-order valence-electron chi connectivity index (χ3n) is 3.44. The first kappa shape index (κ1) is 10.7. The van der Waals surface area contributed by atoms with Crippen LogP contribution in [0.5, 0.6) is 0 Å². The number of nitrogens with zero attached hydrogens (tertiary/aromatic N) is 2. The molecule has 0 saturated carbocycles. The lowest BCUT2D eigenvalue weighted by atomic mass is 10.0. The summed E-state index contributed by atoms with van der Waals surface area (Å²) in [6.07, 6.45) is 4.62. The molecule has 2 heterocycles. The fourth-order valence-electron chi connectivity index (χ4n) is 2.32. The molecule has 3 heteroatoms. The molecule has 1 aliphatic heterocycles. The van der Waals surface area contributed by atoms with Crippen molar-refractivity contribution in [2.75, 3.05) is 0 Å². The summed E-state index contributed by atoms with van der Waals surface area (Å²) in [5.41, 5.74) is 2.18. The molecule has 0 aliphatic carbocycles. The Morgan fingerprint density at radius 2 is 2.27 bits per heavy atom. The predicted octanol–water partition coefficient (Wildman–Crippen LogP) is 2.23. The summed E-state index contributed by atoms with van der Waals surface area (Å²) in [5, 5.41) is 9.45. The third kappa shape index (κ3) is 1.81. The number of fused-ring (bicyclic) bond motifs is 1. The molecule has 0 saturated heterocycles. The minimum Gasteiger partial charge on any atom is -0.390 e. The number of hydrogen-bond acceptors (Lipinski definition) is 2. The second-order valence-corrected chi connectivity index (χ2v) is 4.44. The molecule has 3 nitrogen and oxygen atoms in total. The van der Waals surface area contributed by atoms with Crippen molar-refractivity contribution in [2.24, 2.45) is 0 Å². The summed E-state index contributed by atoms with van der Waals surface area (Å²) in [7, 11) is 0. The molecule has 1 aliphatic rings. The quantitative estimate of drug-likeness (QED) is 0.827. The number of rotatable bonds is 3. The molecule has 0 aromatic carbocycles. The number of imidazole rings is 1. The molecule has 15 heavy (non-hydrogen) atoms. The third-order valence-corrected chi connectivity index (χ3v) is 3.44. The maximum Gasteiger partial charge on any atom is 0.109 e. The summed E-state index contributed by atoms with van der Waals surface area (Å²) >= 11 is 0. The maximum absolute atomic E-state index is 9.45. The van der Waals surface area contributed by atoms with E-state index in [1.807, 2.05) is 0 Å². The SMILES string of the molecule is CCC(C)c1nc2n(c1CO)CCCC2. The Balaban J connectivity index is 2.41. The van der Waals surface area contributed by atoms with Gasteiger partial charge in [0.25, 0.3) is 0 Å². The molecule has 0 fully saturated rings. The average molecular weight is 208 g/mol. The normalized spacial score (nSPS) is 17.5. The lowest BCUT2D eigenvalue weighted by Gasteiger charge is -2.15. The van der Waals surface area contributed by atoms with Crippen molar-refractivity contribution in [2.45, 2.75) is 58.6 Å². The zero-order valence-electron chi connectivity index (χ0n) is 9.66. The highest BCUT2D eigenvalue weighted by atomic mass is 16.3. The Morgan fingerprint density at radius 1 is 1.47 bits per heavy atom. The van der Waals surface area contributed by atoms with E-state index in [0.717, 1.165) is 30.8 Å². The van der Waals surface area contributed by atoms with E-state index in [0.29, 0.717) is 5.92 Å². The van der Waals surface area contributed by atoms with Crippen molar-refractivity contribution in [3.63, 3.8) is 0 Å². The maximum atomic E-state index is 9.45. The van der Waals surface area contributed by atoms with Crippen LogP contribution in [0.25, 0.3) is 0 Å². The second-order valence-electron chi connectivity index (χ2n) is 4.44. The molecule has 0 amide bonds. The van der Waals surface area contributed by atoms with Gasteiger partial charge in [0.1, 0.15) is 5.82 Å². The average Bonchev–Trinajstić information content (AvgIpc) is 2.66. The molecular formula is C12H20N2O. The highest BCUT2D eigenvalue weighted by Gasteiger charge is 2.21. The first-order valence-electron chi connectivity index (χ1n) is 5.97. The van der Waals surface area contributed by atoms with Crippen LogP contribution in [0.1, 0.15) is 56.2 Å². The van der Waals surface area contributed by atoms with Gasteiger partial charge in [-0.25, -0.2) is 4.98 Å². The van der Waals surface area contributed by atoms with E-state index in [2.05, 4.69) is 18.4 Å². The van der Waals surface area contributed by atoms with E-state index in [-0.39, 0.29) is 6.61 Å². The van der Waals surface area contributed by atoms with E-state index >= 15 is 0 Å². The van der Waals surface area contributed by atoms with Gasteiger partial charge in [0.2, 0.25) is 0 Å². The van der Waals surface area contributed by atoms with E-state index in [1.165, 1.54) is 18.7 Å². The van der Waals surface area contributed by atoms with Crippen LogP contribution in [0.4, 0.5) is 0 Å². The monoisotopic (exact) mass is 208 g/mol.